The molecule has 9 heteroatoms. The summed E-state index contributed by atoms with van der Waals surface area (Å²) in [5.74, 6) is 1.87. The van der Waals surface area contributed by atoms with E-state index < -0.39 is 11.7 Å². The van der Waals surface area contributed by atoms with Crippen molar-refractivity contribution in [2.45, 2.75) is 25.7 Å². The Labute approximate surface area is 171 Å². The fourth-order valence-electron chi connectivity index (χ4n) is 3.21. The van der Waals surface area contributed by atoms with Crippen molar-refractivity contribution in [1.29, 1.82) is 0 Å². The first-order valence-electron chi connectivity index (χ1n) is 9.53. The van der Waals surface area contributed by atoms with Crippen LogP contribution in [0.2, 0.25) is 0 Å². The third-order valence-electron chi connectivity index (χ3n) is 4.75. The van der Waals surface area contributed by atoms with Crippen molar-refractivity contribution in [2.24, 2.45) is 0 Å². The average molecular weight is 419 g/mol. The van der Waals surface area contributed by atoms with Crippen molar-refractivity contribution in [3.63, 3.8) is 0 Å². The van der Waals surface area contributed by atoms with Crippen LogP contribution in [0.1, 0.15) is 18.4 Å². The van der Waals surface area contributed by atoms with Crippen LogP contribution in [0.25, 0.3) is 11.4 Å². The number of rotatable bonds is 6. The van der Waals surface area contributed by atoms with Crippen LogP contribution in [0.5, 0.6) is 11.5 Å². The smallest absolute Gasteiger partial charge is 0.416 e. The highest BCUT2D eigenvalue weighted by Crippen LogP contribution is 2.32. The van der Waals surface area contributed by atoms with Crippen molar-refractivity contribution in [1.82, 2.24) is 15.0 Å². The molecule has 0 aliphatic carbocycles. The fourth-order valence-corrected chi connectivity index (χ4v) is 3.21. The van der Waals surface area contributed by atoms with E-state index in [1.807, 2.05) is 36.1 Å². The SMILES string of the molecule is CCN(Cc1nc(-c2cccc(C(F)(F)F)c2)no1)C[C@@H]1COc2ccccc2O1. The van der Waals surface area contributed by atoms with Crippen molar-refractivity contribution in [2.75, 3.05) is 19.7 Å². The van der Waals surface area contributed by atoms with Gasteiger partial charge in [0.15, 0.2) is 11.5 Å². The molecule has 0 unspecified atom stereocenters. The van der Waals surface area contributed by atoms with Crippen LogP contribution in [-0.4, -0.2) is 40.8 Å². The highest BCUT2D eigenvalue weighted by atomic mass is 19.4. The molecule has 1 aromatic heterocycles. The summed E-state index contributed by atoms with van der Waals surface area (Å²) in [5.41, 5.74) is -0.500. The van der Waals surface area contributed by atoms with E-state index in [9.17, 15) is 13.2 Å². The van der Waals surface area contributed by atoms with Crippen LogP contribution in [0.4, 0.5) is 13.2 Å². The molecule has 1 aliphatic rings. The number of aromatic nitrogens is 2. The van der Waals surface area contributed by atoms with Gasteiger partial charge in [0.2, 0.25) is 11.7 Å². The monoisotopic (exact) mass is 419 g/mol. The number of halogens is 3. The average Bonchev–Trinajstić information content (AvgIpc) is 3.21. The molecule has 0 saturated carbocycles. The number of hydrogen-bond acceptors (Lipinski definition) is 6. The van der Waals surface area contributed by atoms with Crippen LogP contribution in [0.15, 0.2) is 53.1 Å². The minimum Gasteiger partial charge on any atom is -0.486 e. The zero-order valence-corrected chi connectivity index (χ0v) is 16.2. The first-order chi connectivity index (χ1) is 14.4. The fraction of sp³-hybridized carbons (Fsp3) is 0.333. The number of alkyl halides is 3. The van der Waals surface area contributed by atoms with E-state index in [-0.39, 0.29) is 17.5 Å². The molecule has 0 bridgehead atoms. The molecule has 2 aromatic carbocycles. The number of likely N-dealkylation sites (N-methyl/N-ethyl adjacent to an activating group) is 1. The van der Waals surface area contributed by atoms with Crippen molar-refractivity contribution in [3.05, 3.63) is 60.0 Å². The summed E-state index contributed by atoms with van der Waals surface area (Å²) in [6, 6.07) is 12.4. The molecule has 158 valence electrons. The van der Waals surface area contributed by atoms with Gasteiger partial charge in [-0.3, -0.25) is 4.90 Å². The first-order valence-corrected chi connectivity index (χ1v) is 9.53. The third kappa shape index (κ3) is 4.56. The molecule has 1 aliphatic heterocycles. The summed E-state index contributed by atoms with van der Waals surface area (Å²) in [4.78, 5) is 6.31. The van der Waals surface area contributed by atoms with Gasteiger partial charge in [0, 0.05) is 12.1 Å². The largest absolute Gasteiger partial charge is 0.486 e. The summed E-state index contributed by atoms with van der Waals surface area (Å²) >= 11 is 0. The molecule has 0 saturated heterocycles. The normalized spacial score (nSPS) is 16.1. The molecule has 2 heterocycles. The van der Waals surface area contributed by atoms with Gasteiger partial charge in [0.1, 0.15) is 12.7 Å². The Bertz CT molecular complexity index is 1010. The Balaban J connectivity index is 1.41. The van der Waals surface area contributed by atoms with E-state index in [2.05, 4.69) is 10.1 Å². The van der Waals surface area contributed by atoms with Crippen molar-refractivity contribution in [3.8, 4) is 22.9 Å². The molecule has 4 rings (SSSR count). The van der Waals surface area contributed by atoms with Crippen LogP contribution < -0.4 is 9.47 Å². The van der Waals surface area contributed by atoms with Gasteiger partial charge in [0.25, 0.3) is 0 Å². The molecule has 3 aromatic rings. The molecule has 0 amide bonds. The Morgan fingerprint density at radius 1 is 1.10 bits per heavy atom. The van der Waals surface area contributed by atoms with Crippen molar-refractivity contribution >= 4 is 0 Å². The number of fused-ring (bicyclic) bond motifs is 1. The van der Waals surface area contributed by atoms with Crippen LogP contribution in [0.3, 0.4) is 0 Å². The van der Waals surface area contributed by atoms with Crippen LogP contribution in [-0.2, 0) is 12.7 Å². The zero-order chi connectivity index (χ0) is 21.1. The lowest BCUT2D eigenvalue weighted by Gasteiger charge is -2.30. The second-order valence-corrected chi connectivity index (χ2v) is 6.92. The maximum atomic E-state index is 12.9. The van der Waals surface area contributed by atoms with E-state index in [0.29, 0.717) is 37.9 Å². The number of para-hydroxylation sites is 2. The lowest BCUT2D eigenvalue weighted by Crippen LogP contribution is -2.40. The molecule has 0 fully saturated rings. The predicted octanol–water partition coefficient (Wildman–Crippen LogP) is 4.42. The molecular weight excluding hydrogens is 399 g/mol. The Kier molecular flexibility index (Phi) is 5.63. The molecule has 1 atom stereocenters. The molecule has 0 radical (unpaired) electrons. The van der Waals surface area contributed by atoms with Crippen LogP contribution in [0, 0.1) is 0 Å². The highest BCUT2D eigenvalue weighted by Gasteiger charge is 2.31. The lowest BCUT2D eigenvalue weighted by molar-refractivity contribution is -0.137. The Morgan fingerprint density at radius 2 is 1.90 bits per heavy atom. The maximum absolute atomic E-state index is 12.9. The van der Waals surface area contributed by atoms with E-state index in [1.54, 1.807) is 0 Å². The van der Waals surface area contributed by atoms with Gasteiger partial charge in [-0.2, -0.15) is 18.2 Å². The summed E-state index contributed by atoms with van der Waals surface area (Å²) in [6.07, 6.45) is -4.59. The third-order valence-corrected chi connectivity index (χ3v) is 4.75. The molecule has 0 spiro atoms. The molecule has 6 nitrogen and oxygen atoms in total. The first kappa shape index (κ1) is 20.2. The minimum atomic E-state index is -4.43. The maximum Gasteiger partial charge on any atom is 0.416 e. The number of hydrogen-bond donors (Lipinski definition) is 0. The molecule has 0 N–H and O–H groups in total. The van der Waals surface area contributed by atoms with Gasteiger partial charge in [-0.15, -0.1) is 0 Å². The predicted molar refractivity (Wildman–Crippen MR) is 102 cm³/mol. The Morgan fingerprint density at radius 3 is 2.67 bits per heavy atom. The van der Waals surface area contributed by atoms with Gasteiger partial charge < -0.3 is 14.0 Å². The van der Waals surface area contributed by atoms with Gasteiger partial charge in [-0.25, -0.2) is 0 Å². The zero-order valence-electron chi connectivity index (χ0n) is 16.2. The highest BCUT2D eigenvalue weighted by molar-refractivity contribution is 5.55. The standard InChI is InChI=1S/C21H20F3N3O3/c1-2-27(11-16-13-28-17-8-3-4-9-18(17)29-16)12-19-25-20(26-30-19)14-6-5-7-15(10-14)21(22,23)24/h3-10,16H,2,11-13H2,1H3/t16-/m1/s1. The topological polar surface area (TPSA) is 60.6 Å². The number of ether oxygens (including phenoxy) is 2. The molecule has 30 heavy (non-hydrogen) atoms. The second-order valence-electron chi connectivity index (χ2n) is 6.92. The second kappa shape index (κ2) is 8.35. The van der Waals surface area contributed by atoms with E-state index in [4.69, 9.17) is 14.0 Å². The van der Waals surface area contributed by atoms with Crippen molar-refractivity contribution < 1.29 is 27.2 Å². The summed E-state index contributed by atoms with van der Waals surface area (Å²) in [7, 11) is 0. The van der Waals surface area contributed by atoms with E-state index in [0.717, 1.165) is 17.9 Å². The quantitative estimate of drug-likeness (QED) is 0.590. The van der Waals surface area contributed by atoms with Gasteiger partial charge in [-0.05, 0) is 30.8 Å². The van der Waals surface area contributed by atoms with Gasteiger partial charge in [-0.1, -0.05) is 36.3 Å². The summed E-state index contributed by atoms with van der Waals surface area (Å²) in [5, 5.41) is 3.84. The number of nitrogens with zero attached hydrogens (tertiary/aromatic N) is 3. The van der Waals surface area contributed by atoms with Gasteiger partial charge in [0.05, 0.1) is 12.1 Å². The lowest BCUT2D eigenvalue weighted by atomic mass is 10.1. The summed E-state index contributed by atoms with van der Waals surface area (Å²) in [6.45, 7) is 4.04. The summed E-state index contributed by atoms with van der Waals surface area (Å²) < 4.78 is 55.8. The molecular formula is C21H20F3N3O3. The Hall–Kier alpha value is -3.07. The van der Waals surface area contributed by atoms with E-state index >= 15 is 0 Å². The number of benzene rings is 2. The van der Waals surface area contributed by atoms with E-state index in [1.165, 1.54) is 12.1 Å². The minimum absolute atomic E-state index is 0.123. The van der Waals surface area contributed by atoms with Crippen LogP contribution >= 0.6 is 0 Å². The van der Waals surface area contributed by atoms with Gasteiger partial charge >= 0.3 is 6.18 Å².